The molecule has 2 heterocycles. The molecule has 2 aromatic rings. The summed E-state index contributed by atoms with van der Waals surface area (Å²) >= 11 is 0. The van der Waals surface area contributed by atoms with Crippen LogP contribution in [0, 0.1) is 0 Å². The van der Waals surface area contributed by atoms with Crippen LogP contribution in [-0.4, -0.2) is 28.2 Å². The van der Waals surface area contributed by atoms with E-state index in [0.717, 1.165) is 22.9 Å². The van der Waals surface area contributed by atoms with Crippen LogP contribution in [0.15, 0.2) is 24.7 Å². The molecule has 0 spiro atoms. The molecule has 1 amide bonds. The van der Waals surface area contributed by atoms with Crippen molar-refractivity contribution in [1.82, 2.24) is 15.3 Å². The Kier molecular flexibility index (Phi) is 3.74. The van der Waals surface area contributed by atoms with Crippen LogP contribution in [0.4, 0.5) is 4.79 Å². The number of hydrogen-bond acceptors (Lipinski definition) is 3. The second-order valence-electron chi connectivity index (χ2n) is 5.41. The van der Waals surface area contributed by atoms with Gasteiger partial charge < -0.3 is 15.0 Å². The minimum Gasteiger partial charge on any atom is -0.444 e. The Bertz CT molecular complexity index is 569. The van der Waals surface area contributed by atoms with Crippen molar-refractivity contribution in [2.45, 2.75) is 32.8 Å². The third-order valence-electron chi connectivity index (χ3n) is 2.63. The Balaban J connectivity index is 1.88. The highest BCUT2D eigenvalue weighted by Gasteiger charge is 2.15. The summed E-state index contributed by atoms with van der Waals surface area (Å²) < 4.78 is 5.17. The largest absolute Gasteiger partial charge is 0.444 e. The molecule has 0 unspecified atom stereocenters. The number of alkyl carbamates (subject to hydrolysis) is 1. The minimum atomic E-state index is -0.464. The number of H-pyrrole nitrogens is 1. The molecule has 2 N–H and O–H groups in total. The number of carbonyl (C=O) groups is 1. The lowest BCUT2D eigenvalue weighted by Gasteiger charge is -2.19. The van der Waals surface area contributed by atoms with Gasteiger partial charge in [0.15, 0.2) is 0 Å². The highest BCUT2D eigenvalue weighted by molar-refractivity contribution is 5.82. The Labute approximate surface area is 112 Å². The zero-order chi connectivity index (χ0) is 13.9. The summed E-state index contributed by atoms with van der Waals surface area (Å²) in [7, 11) is 0. The van der Waals surface area contributed by atoms with Gasteiger partial charge in [-0.2, -0.15) is 0 Å². The first-order valence-electron chi connectivity index (χ1n) is 6.32. The lowest BCUT2D eigenvalue weighted by Crippen LogP contribution is -2.33. The molecular formula is C14H19N3O2. The molecule has 0 radical (unpaired) electrons. The molecule has 0 fully saturated rings. The van der Waals surface area contributed by atoms with Gasteiger partial charge in [-0.3, -0.25) is 4.98 Å². The van der Waals surface area contributed by atoms with Gasteiger partial charge in [0, 0.05) is 36.0 Å². The first-order chi connectivity index (χ1) is 8.96. The second-order valence-corrected chi connectivity index (χ2v) is 5.41. The Morgan fingerprint density at radius 3 is 3.00 bits per heavy atom. The van der Waals surface area contributed by atoms with Gasteiger partial charge in [0.1, 0.15) is 5.60 Å². The maximum absolute atomic E-state index is 11.5. The summed E-state index contributed by atoms with van der Waals surface area (Å²) in [5.74, 6) is 0. The van der Waals surface area contributed by atoms with E-state index >= 15 is 0 Å². The van der Waals surface area contributed by atoms with Gasteiger partial charge in [-0.05, 0) is 38.8 Å². The molecule has 2 rings (SSSR count). The zero-order valence-corrected chi connectivity index (χ0v) is 11.5. The fourth-order valence-electron chi connectivity index (χ4n) is 1.84. The average Bonchev–Trinajstić information content (AvgIpc) is 2.70. The van der Waals surface area contributed by atoms with Gasteiger partial charge in [0.05, 0.1) is 0 Å². The Hall–Kier alpha value is -2.04. The molecule has 0 aromatic carbocycles. The molecule has 0 bridgehead atoms. The van der Waals surface area contributed by atoms with Crippen LogP contribution >= 0.6 is 0 Å². The molecular weight excluding hydrogens is 242 g/mol. The van der Waals surface area contributed by atoms with Gasteiger partial charge in [0.2, 0.25) is 0 Å². The van der Waals surface area contributed by atoms with Crippen molar-refractivity contribution in [2.75, 3.05) is 6.54 Å². The van der Waals surface area contributed by atoms with Crippen LogP contribution in [-0.2, 0) is 11.2 Å². The van der Waals surface area contributed by atoms with E-state index in [2.05, 4.69) is 15.3 Å². The van der Waals surface area contributed by atoms with Gasteiger partial charge >= 0.3 is 6.09 Å². The van der Waals surface area contributed by atoms with E-state index in [-0.39, 0.29) is 6.09 Å². The van der Waals surface area contributed by atoms with Gasteiger partial charge in [-0.15, -0.1) is 0 Å². The Morgan fingerprint density at radius 2 is 2.26 bits per heavy atom. The molecule has 0 atom stereocenters. The second kappa shape index (κ2) is 5.30. The van der Waals surface area contributed by atoms with Crippen molar-refractivity contribution in [2.24, 2.45) is 0 Å². The lowest BCUT2D eigenvalue weighted by atomic mass is 10.1. The Morgan fingerprint density at radius 1 is 1.47 bits per heavy atom. The summed E-state index contributed by atoms with van der Waals surface area (Å²) in [5, 5.41) is 3.84. The molecule has 0 aliphatic heterocycles. The highest BCUT2D eigenvalue weighted by atomic mass is 16.6. The van der Waals surface area contributed by atoms with Crippen molar-refractivity contribution in [3.63, 3.8) is 0 Å². The molecule has 0 saturated heterocycles. The first kappa shape index (κ1) is 13.4. The van der Waals surface area contributed by atoms with E-state index in [1.54, 1.807) is 6.20 Å². The maximum atomic E-state index is 11.5. The van der Waals surface area contributed by atoms with Crippen molar-refractivity contribution in [3.8, 4) is 0 Å². The molecule has 19 heavy (non-hydrogen) atoms. The van der Waals surface area contributed by atoms with Gasteiger partial charge in [-0.1, -0.05) is 0 Å². The fraction of sp³-hybridized carbons (Fsp3) is 0.429. The first-order valence-corrected chi connectivity index (χ1v) is 6.32. The minimum absolute atomic E-state index is 0.384. The molecule has 5 nitrogen and oxygen atoms in total. The lowest BCUT2D eigenvalue weighted by molar-refractivity contribution is 0.0528. The van der Waals surface area contributed by atoms with Crippen molar-refractivity contribution < 1.29 is 9.53 Å². The number of nitrogens with zero attached hydrogens (tertiary/aromatic N) is 1. The number of ether oxygens (including phenoxy) is 1. The third-order valence-corrected chi connectivity index (χ3v) is 2.63. The van der Waals surface area contributed by atoms with E-state index in [1.807, 2.05) is 39.2 Å². The quantitative estimate of drug-likeness (QED) is 0.892. The number of fused-ring (bicyclic) bond motifs is 1. The van der Waals surface area contributed by atoms with Crippen LogP contribution in [0.3, 0.4) is 0 Å². The number of aromatic amines is 1. The number of hydrogen-bond donors (Lipinski definition) is 2. The summed E-state index contributed by atoms with van der Waals surface area (Å²) in [4.78, 5) is 18.8. The van der Waals surface area contributed by atoms with E-state index in [1.165, 1.54) is 0 Å². The maximum Gasteiger partial charge on any atom is 0.407 e. The van der Waals surface area contributed by atoms with Gasteiger partial charge in [-0.25, -0.2) is 4.79 Å². The predicted octanol–water partition coefficient (Wildman–Crippen LogP) is 2.63. The summed E-state index contributed by atoms with van der Waals surface area (Å²) in [5.41, 5.74) is 1.73. The zero-order valence-electron chi connectivity index (χ0n) is 11.5. The average molecular weight is 261 g/mol. The monoisotopic (exact) mass is 261 g/mol. The molecule has 0 saturated carbocycles. The van der Waals surface area contributed by atoms with E-state index in [4.69, 9.17) is 4.74 Å². The number of rotatable bonds is 3. The molecule has 0 aliphatic rings. The smallest absolute Gasteiger partial charge is 0.407 e. The van der Waals surface area contributed by atoms with E-state index < -0.39 is 5.60 Å². The topological polar surface area (TPSA) is 67.0 Å². The van der Waals surface area contributed by atoms with E-state index in [9.17, 15) is 4.79 Å². The number of nitrogens with one attached hydrogen (secondary N) is 2. The van der Waals surface area contributed by atoms with E-state index in [0.29, 0.717) is 6.54 Å². The van der Waals surface area contributed by atoms with Crippen LogP contribution in [0.25, 0.3) is 10.9 Å². The molecule has 2 aromatic heterocycles. The van der Waals surface area contributed by atoms with Crippen LogP contribution in [0.2, 0.25) is 0 Å². The predicted molar refractivity (Wildman–Crippen MR) is 74.0 cm³/mol. The fourth-order valence-corrected chi connectivity index (χ4v) is 1.84. The molecule has 0 aliphatic carbocycles. The summed E-state index contributed by atoms with van der Waals surface area (Å²) in [6.07, 6.45) is 5.88. The summed E-state index contributed by atoms with van der Waals surface area (Å²) in [6, 6.07) is 1.93. The van der Waals surface area contributed by atoms with Crippen LogP contribution in [0.1, 0.15) is 26.3 Å². The number of carbonyl (C=O) groups excluding carboxylic acids is 1. The van der Waals surface area contributed by atoms with Crippen molar-refractivity contribution >= 4 is 17.0 Å². The van der Waals surface area contributed by atoms with Crippen molar-refractivity contribution in [1.29, 1.82) is 0 Å². The number of aromatic nitrogens is 2. The SMILES string of the molecule is CC(C)(C)OC(=O)NCCc1c[nH]c2ccncc12. The van der Waals surface area contributed by atoms with Crippen molar-refractivity contribution in [3.05, 3.63) is 30.2 Å². The molecule has 5 heteroatoms. The standard InChI is InChI=1S/C14H19N3O2/c1-14(2,3)19-13(18)16-7-4-10-8-17-12-5-6-15-9-11(10)12/h5-6,8-9,17H,4,7H2,1-3H3,(H,16,18). The molecule has 102 valence electrons. The van der Waals surface area contributed by atoms with Crippen LogP contribution < -0.4 is 5.32 Å². The normalized spacial score (nSPS) is 11.5. The highest BCUT2D eigenvalue weighted by Crippen LogP contribution is 2.16. The van der Waals surface area contributed by atoms with Gasteiger partial charge in [0.25, 0.3) is 0 Å². The number of pyridine rings is 1. The number of amides is 1. The van der Waals surface area contributed by atoms with Crippen LogP contribution in [0.5, 0.6) is 0 Å². The third kappa shape index (κ3) is 3.71. The summed E-state index contributed by atoms with van der Waals surface area (Å²) in [6.45, 7) is 6.07.